The van der Waals surface area contributed by atoms with Gasteiger partial charge in [-0.3, -0.25) is 0 Å². The van der Waals surface area contributed by atoms with Crippen molar-refractivity contribution in [2.24, 2.45) is 0 Å². The zero-order chi connectivity index (χ0) is 29.7. The molecule has 7 aromatic rings. The summed E-state index contributed by atoms with van der Waals surface area (Å²) in [5.41, 5.74) is 5.10. The van der Waals surface area contributed by atoms with Gasteiger partial charge in [-0.05, 0) is 24.3 Å². The third-order valence-electron chi connectivity index (χ3n) is 7.73. The van der Waals surface area contributed by atoms with Crippen LogP contribution < -0.4 is 0 Å². The van der Waals surface area contributed by atoms with Crippen LogP contribution in [0.15, 0.2) is 72.8 Å². The van der Waals surface area contributed by atoms with E-state index in [4.69, 9.17) is 76.3 Å². The highest BCUT2D eigenvalue weighted by atomic mass is 35.5. The van der Waals surface area contributed by atoms with Crippen molar-refractivity contribution in [1.82, 2.24) is 39.9 Å². The zero-order valence-corrected chi connectivity index (χ0v) is 25.1. The maximum absolute atomic E-state index is 6.47. The van der Waals surface area contributed by atoms with Crippen molar-refractivity contribution in [2.75, 3.05) is 0 Å². The lowest BCUT2D eigenvalue weighted by Crippen LogP contribution is -1.84. The molecular weight excluding hydrogens is 638 g/mol. The molecule has 12 heteroatoms. The first-order valence-corrected chi connectivity index (χ1v) is 14.9. The minimum atomic E-state index is 0.391. The number of nitrogens with one attached hydrogen (secondary N) is 2. The van der Waals surface area contributed by atoms with Gasteiger partial charge in [-0.15, -0.1) is 0 Å². The molecule has 8 nitrogen and oxygen atoms in total. The maximum Gasteiger partial charge on any atom is 0.164 e. The Morgan fingerprint density at radius 3 is 0.864 bits per heavy atom. The van der Waals surface area contributed by atoms with Gasteiger partial charge in [0.15, 0.2) is 23.3 Å². The maximum atomic E-state index is 6.47. The summed E-state index contributed by atoms with van der Waals surface area (Å²) in [4.78, 5) is 36.4. The van der Waals surface area contributed by atoms with E-state index in [1.54, 1.807) is 24.3 Å². The number of nitrogens with zero attached hydrogens (tertiary/aromatic N) is 6. The van der Waals surface area contributed by atoms with Gasteiger partial charge in [0.05, 0.1) is 20.1 Å². The van der Waals surface area contributed by atoms with E-state index >= 15 is 0 Å². The van der Waals surface area contributed by atoms with E-state index in [-0.39, 0.29) is 0 Å². The third-order valence-corrected chi connectivity index (χ3v) is 9.17. The fourth-order valence-electron chi connectivity index (χ4n) is 5.68. The Labute approximate surface area is 267 Å². The number of aromatic nitrogens is 8. The van der Waals surface area contributed by atoms with E-state index in [0.29, 0.717) is 88.2 Å². The Hall–Kier alpha value is -4.60. The molecule has 0 radical (unpaired) electrons. The average molecular weight is 652 g/mol. The molecule has 210 valence electrons. The Morgan fingerprint density at radius 2 is 0.614 bits per heavy atom. The number of benzene rings is 4. The molecule has 9 rings (SSSR count). The molecule has 0 fully saturated rings. The van der Waals surface area contributed by atoms with Crippen LogP contribution >= 0.6 is 46.4 Å². The summed E-state index contributed by atoms with van der Waals surface area (Å²) in [6.45, 7) is 0. The summed E-state index contributed by atoms with van der Waals surface area (Å²) >= 11 is 25.9. The van der Waals surface area contributed by atoms with E-state index in [2.05, 4.69) is 9.97 Å². The zero-order valence-electron chi connectivity index (χ0n) is 22.1. The molecule has 0 saturated heterocycles. The SMILES string of the molecule is Clc1cc2c(cc1Cl)-c1nc-2nc2[nH]c(nc3nc(nc4[nH]c(n1)c1ccccc41)-c1cc(Cl)c(Cl)cc1-3)c1ccccc21. The molecule has 0 spiro atoms. The second-order valence-electron chi connectivity index (χ2n) is 10.3. The fraction of sp³-hybridized carbons (Fsp3) is 0. The van der Waals surface area contributed by atoms with E-state index in [1.165, 1.54) is 0 Å². The smallest absolute Gasteiger partial charge is 0.164 e. The van der Waals surface area contributed by atoms with E-state index in [1.807, 2.05) is 48.5 Å². The average Bonchev–Trinajstić information content (AvgIpc) is 3.73. The number of aromatic amines is 2. The second kappa shape index (κ2) is 9.45. The molecule has 0 unspecified atom stereocenters. The Bertz CT molecular complexity index is 2230. The van der Waals surface area contributed by atoms with Gasteiger partial charge in [-0.1, -0.05) is 94.9 Å². The predicted octanol–water partition coefficient (Wildman–Crippen LogP) is 9.48. The fourth-order valence-corrected chi connectivity index (χ4v) is 6.33. The number of halogens is 4. The Morgan fingerprint density at radius 1 is 0.364 bits per heavy atom. The van der Waals surface area contributed by atoms with Crippen LogP contribution in [0, 0.1) is 0 Å². The molecule has 3 aromatic heterocycles. The van der Waals surface area contributed by atoms with Gasteiger partial charge in [-0.2, -0.15) is 0 Å². The van der Waals surface area contributed by atoms with Crippen molar-refractivity contribution in [3.05, 3.63) is 92.9 Å². The first-order chi connectivity index (χ1) is 21.4. The molecule has 0 amide bonds. The minimum absolute atomic E-state index is 0.391. The molecule has 0 saturated carbocycles. The number of H-pyrrole nitrogens is 2. The molecule has 44 heavy (non-hydrogen) atoms. The minimum Gasteiger partial charge on any atom is -0.324 e. The molecule has 2 N–H and O–H groups in total. The molecule has 0 atom stereocenters. The van der Waals surface area contributed by atoms with Gasteiger partial charge in [0.2, 0.25) is 0 Å². The van der Waals surface area contributed by atoms with Crippen LogP contribution in [0.3, 0.4) is 0 Å². The van der Waals surface area contributed by atoms with Crippen molar-refractivity contribution in [3.63, 3.8) is 0 Å². The lowest BCUT2D eigenvalue weighted by molar-refractivity contribution is 1.19. The number of rotatable bonds is 0. The van der Waals surface area contributed by atoms with Crippen LogP contribution in [-0.2, 0) is 0 Å². The standard InChI is InChI=1S/C32H14Cl4N8/c33-21-9-17-18(10-22(21)34)31-41-27-15-7-3-4-8-16(15)28(38-27)42-32-20-12-24(36)23(35)11-19(20)30(44-32)40-26-14-6-2-1-5-13(14)25(37-26)39-29(17)43-31/h1-12H,(H2,37,38,39,40,41,42,43,44). The van der Waals surface area contributed by atoms with Gasteiger partial charge in [0.1, 0.15) is 22.6 Å². The first-order valence-electron chi connectivity index (χ1n) is 13.4. The summed E-state index contributed by atoms with van der Waals surface area (Å²) in [5.74, 6) is 1.74. The Balaban J connectivity index is 1.50. The molecule has 8 bridgehead atoms. The van der Waals surface area contributed by atoms with Crippen LogP contribution in [0.5, 0.6) is 0 Å². The molecule has 2 aliphatic rings. The van der Waals surface area contributed by atoms with Crippen LogP contribution in [-0.4, -0.2) is 39.9 Å². The summed E-state index contributed by atoms with van der Waals surface area (Å²) < 4.78 is 0. The van der Waals surface area contributed by atoms with Gasteiger partial charge in [-0.25, -0.2) is 29.9 Å². The number of hydrogen-bond acceptors (Lipinski definition) is 6. The summed E-state index contributed by atoms with van der Waals surface area (Å²) in [7, 11) is 0. The first kappa shape index (κ1) is 25.9. The van der Waals surface area contributed by atoms with Crippen LogP contribution in [0.2, 0.25) is 20.1 Å². The van der Waals surface area contributed by atoms with Crippen LogP contribution in [0.4, 0.5) is 0 Å². The number of fused-ring (bicyclic) bond motifs is 20. The van der Waals surface area contributed by atoms with Crippen molar-refractivity contribution < 1.29 is 0 Å². The molecule has 2 aliphatic heterocycles. The highest BCUT2D eigenvalue weighted by Gasteiger charge is 2.24. The summed E-state index contributed by atoms with van der Waals surface area (Å²) in [6.07, 6.45) is 0. The van der Waals surface area contributed by atoms with E-state index in [0.717, 1.165) is 21.5 Å². The van der Waals surface area contributed by atoms with Gasteiger partial charge >= 0.3 is 0 Å². The second-order valence-corrected chi connectivity index (χ2v) is 12.0. The van der Waals surface area contributed by atoms with Gasteiger partial charge in [0, 0.05) is 43.8 Å². The quantitative estimate of drug-likeness (QED) is 0.169. The number of hydrogen-bond donors (Lipinski definition) is 2. The highest BCUT2D eigenvalue weighted by molar-refractivity contribution is 6.43. The third kappa shape index (κ3) is 3.85. The van der Waals surface area contributed by atoms with Crippen molar-refractivity contribution in [2.45, 2.75) is 0 Å². The van der Waals surface area contributed by atoms with Gasteiger partial charge in [0.25, 0.3) is 0 Å². The van der Waals surface area contributed by atoms with Crippen molar-refractivity contribution >= 4 is 90.5 Å². The molecular formula is C32H14Cl4N8. The molecule has 5 heterocycles. The highest BCUT2D eigenvalue weighted by Crippen LogP contribution is 2.41. The van der Waals surface area contributed by atoms with E-state index in [9.17, 15) is 0 Å². The predicted molar refractivity (Wildman–Crippen MR) is 176 cm³/mol. The summed E-state index contributed by atoms with van der Waals surface area (Å²) in [6, 6.07) is 22.7. The topological polar surface area (TPSA) is 109 Å². The molecule has 0 aliphatic carbocycles. The van der Waals surface area contributed by atoms with Crippen molar-refractivity contribution in [1.29, 1.82) is 0 Å². The summed E-state index contributed by atoms with van der Waals surface area (Å²) in [5, 5.41) is 4.98. The van der Waals surface area contributed by atoms with Gasteiger partial charge < -0.3 is 9.97 Å². The van der Waals surface area contributed by atoms with Crippen molar-refractivity contribution in [3.8, 4) is 45.6 Å². The lowest BCUT2D eigenvalue weighted by atomic mass is 10.1. The normalized spacial score (nSPS) is 12.1. The Kier molecular flexibility index (Phi) is 5.55. The van der Waals surface area contributed by atoms with E-state index < -0.39 is 0 Å². The lowest BCUT2D eigenvalue weighted by Gasteiger charge is -2.01. The monoisotopic (exact) mass is 650 g/mol. The largest absolute Gasteiger partial charge is 0.324 e. The van der Waals surface area contributed by atoms with Crippen LogP contribution in [0.1, 0.15) is 0 Å². The van der Waals surface area contributed by atoms with Crippen LogP contribution in [0.25, 0.3) is 89.7 Å². The molecule has 4 aromatic carbocycles.